The van der Waals surface area contributed by atoms with E-state index in [2.05, 4.69) is 20.7 Å². The molecule has 1 aliphatic carbocycles. The van der Waals surface area contributed by atoms with E-state index < -0.39 is 10.2 Å². The van der Waals surface area contributed by atoms with Crippen molar-refractivity contribution in [1.29, 1.82) is 0 Å². The zero-order chi connectivity index (χ0) is 10.9. The van der Waals surface area contributed by atoms with Crippen molar-refractivity contribution in [2.75, 3.05) is 25.0 Å². The monoisotopic (exact) mass is 296 g/mol. The topological polar surface area (TPSA) is 49.4 Å². The van der Waals surface area contributed by atoms with Crippen molar-refractivity contribution in [1.82, 2.24) is 9.03 Å². The summed E-state index contributed by atoms with van der Waals surface area (Å²) in [6.45, 7) is 1.93. The van der Waals surface area contributed by atoms with Gasteiger partial charge in [0, 0.05) is 25.0 Å². The van der Waals surface area contributed by atoms with Crippen molar-refractivity contribution in [3.05, 3.63) is 0 Å². The van der Waals surface area contributed by atoms with Gasteiger partial charge in [-0.05, 0) is 24.7 Å². The van der Waals surface area contributed by atoms with Crippen LogP contribution < -0.4 is 4.72 Å². The molecule has 1 saturated heterocycles. The molecular formula is C9H17BrN2O2S. The van der Waals surface area contributed by atoms with Crippen LogP contribution in [0.15, 0.2) is 0 Å². The minimum atomic E-state index is -3.18. The lowest BCUT2D eigenvalue weighted by molar-refractivity contribution is 0.127. The first-order chi connectivity index (χ1) is 7.08. The van der Waals surface area contributed by atoms with Gasteiger partial charge in [0.25, 0.3) is 10.2 Å². The van der Waals surface area contributed by atoms with Crippen LogP contribution in [0.2, 0.25) is 0 Å². The maximum atomic E-state index is 11.7. The standard InChI is InChI=1S/C9H17BrN2O2S/c10-7-9(3-1-4-9)8-12-6-2-5-11-15(12,13)14/h11H,1-8H2. The molecular weight excluding hydrogens is 280 g/mol. The Balaban J connectivity index is 2.04. The zero-order valence-electron chi connectivity index (χ0n) is 8.71. The predicted octanol–water partition coefficient (Wildman–Crippen LogP) is 1.09. The van der Waals surface area contributed by atoms with E-state index in [0.29, 0.717) is 19.6 Å². The molecule has 2 fully saturated rings. The number of nitrogens with one attached hydrogen (secondary N) is 1. The van der Waals surface area contributed by atoms with Gasteiger partial charge in [0.2, 0.25) is 0 Å². The van der Waals surface area contributed by atoms with Crippen LogP contribution in [-0.4, -0.2) is 37.7 Å². The van der Waals surface area contributed by atoms with Gasteiger partial charge in [0.15, 0.2) is 0 Å². The van der Waals surface area contributed by atoms with E-state index in [1.54, 1.807) is 4.31 Å². The fourth-order valence-corrected chi connectivity index (χ4v) is 4.35. The first-order valence-electron chi connectivity index (χ1n) is 5.39. The van der Waals surface area contributed by atoms with Crippen molar-refractivity contribution < 1.29 is 8.42 Å². The van der Waals surface area contributed by atoms with E-state index in [1.165, 1.54) is 6.42 Å². The SMILES string of the molecule is O=S1(=O)NCCCN1CC1(CBr)CCC1. The predicted molar refractivity (Wildman–Crippen MR) is 63.2 cm³/mol. The van der Waals surface area contributed by atoms with Crippen LogP contribution in [-0.2, 0) is 10.2 Å². The van der Waals surface area contributed by atoms with Gasteiger partial charge in [-0.3, -0.25) is 0 Å². The Hall–Kier alpha value is 0.350. The first kappa shape index (κ1) is 11.8. The number of alkyl halides is 1. The normalized spacial score (nSPS) is 29.7. The van der Waals surface area contributed by atoms with Gasteiger partial charge < -0.3 is 0 Å². The van der Waals surface area contributed by atoms with Crippen molar-refractivity contribution in [2.24, 2.45) is 5.41 Å². The van der Waals surface area contributed by atoms with Crippen molar-refractivity contribution in [2.45, 2.75) is 25.7 Å². The molecule has 1 heterocycles. The number of rotatable bonds is 3. The lowest BCUT2D eigenvalue weighted by atomic mass is 9.70. The molecule has 0 unspecified atom stereocenters. The van der Waals surface area contributed by atoms with Crippen molar-refractivity contribution >= 4 is 26.1 Å². The van der Waals surface area contributed by atoms with Gasteiger partial charge >= 0.3 is 0 Å². The Morgan fingerprint density at radius 3 is 2.53 bits per heavy atom. The smallest absolute Gasteiger partial charge is 0.202 e. The molecule has 1 saturated carbocycles. The molecule has 0 spiro atoms. The summed E-state index contributed by atoms with van der Waals surface area (Å²) < 4.78 is 27.6. The van der Waals surface area contributed by atoms with Crippen LogP contribution in [0.25, 0.3) is 0 Å². The zero-order valence-corrected chi connectivity index (χ0v) is 11.1. The highest BCUT2D eigenvalue weighted by Crippen LogP contribution is 2.43. The summed E-state index contributed by atoms with van der Waals surface area (Å²) in [6.07, 6.45) is 4.43. The average Bonchev–Trinajstić information content (AvgIpc) is 2.13. The third-order valence-electron chi connectivity index (χ3n) is 3.42. The molecule has 0 aromatic rings. The summed E-state index contributed by atoms with van der Waals surface area (Å²) in [5.74, 6) is 0. The van der Waals surface area contributed by atoms with Gasteiger partial charge in [-0.15, -0.1) is 0 Å². The fraction of sp³-hybridized carbons (Fsp3) is 1.00. The Labute approximate surface area is 99.7 Å². The maximum absolute atomic E-state index is 11.7. The third kappa shape index (κ3) is 2.38. The average molecular weight is 297 g/mol. The molecule has 15 heavy (non-hydrogen) atoms. The fourth-order valence-electron chi connectivity index (χ4n) is 2.22. The van der Waals surface area contributed by atoms with Crippen LogP contribution in [0.1, 0.15) is 25.7 Å². The number of hydrogen-bond donors (Lipinski definition) is 1. The molecule has 88 valence electrons. The Bertz CT molecular complexity index is 321. The molecule has 1 N–H and O–H groups in total. The largest absolute Gasteiger partial charge is 0.279 e. The summed E-state index contributed by atoms with van der Waals surface area (Å²) >= 11 is 3.51. The van der Waals surface area contributed by atoms with Crippen LogP contribution in [0.4, 0.5) is 0 Å². The second kappa shape index (κ2) is 4.31. The van der Waals surface area contributed by atoms with E-state index in [9.17, 15) is 8.42 Å². The number of hydrogen-bond acceptors (Lipinski definition) is 2. The minimum absolute atomic E-state index is 0.200. The van der Waals surface area contributed by atoms with Crippen molar-refractivity contribution in [3.8, 4) is 0 Å². The molecule has 0 radical (unpaired) electrons. The van der Waals surface area contributed by atoms with Crippen LogP contribution in [0.3, 0.4) is 0 Å². The van der Waals surface area contributed by atoms with Crippen LogP contribution in [0, 0.1) is 5.41 Å². The molecule has 1 aliphatic heterocycles. The highest BCUT2D eigenvalue weighted by atomic mass is 79.9. The molecule has 0 amide bonds. The summed E-state index contributed by atoms with van der Waals surface area (Å²) in [7, 11) is -3.18. The van der Waals surface area contributed by atoms with E-state index in [0.717, 1.165) is 24.6 Å². The molecule has 0 aromatic heterocycles. The van der Waals surface area contributed by atoms with Gasteiger partial charge in [-0.25, -0.2) is 4.72 Å². The maximum Gasteiger partial charge on any atom is 0.279 e. The second-order valence-corrected chi connectivity index (χ2v) is 6.89. The first-order valence-corrected chi connectivity index (χ1v) is 7.95. The molecule has 6 heteroatoms. The number of nitrogens with zero attached hydrogens (tertiary/aromatic N) is 1. The van der Waals surface area contributed by atoms with Gasteiger partial charge in [-0.2, -0.15) is 12.7 Å². The van der Waals surface area contributed by atoms with Crippen LogP contribution >= 0.6 is 15.9 Å². The highest BCUT2D eigenvalue weighted by molar-refractivity contribution is 9.09. The minimum Gasteiger partial charge on any atom is -0.202 e. The van der Waals surface area contributed by atoms with Gasteiger partial charge in [-0.1, -0.05) is 22.4 Å². The lowest BCUT2D eigenvalue weighted by Crippen LogP contribution is -2.52. The van der Waals surface area contributed by atoms with E-state index in [1.807, 2.05) is 0 Å². The van der Waals surface area contributed by atoms with Crippen molar-refractivity contribution in [3.63, 3.8) is 0 Å². The summed E-state index contributed by atoms with van der Waals surface area (Å²) in [6, 6.07) is 0. The molecule has 0 atom stereocenters. The van der Waals surface area contributed by atoms with Gasteiger partial charge in [0.1, 0.15) is 0 Å². The Morgan fingerprint density at radius 2 is 2.07 bits per heavy atom. The summed E-state index contributed by atoms with van der Waals surface area (Å²) in [5.41, 5.74) is 0.200. The molecule has 0 bridgehead atoms. The summed E-state index contributed by atoms with van der Waals surface area (Å²) in [5, 5.41) is 0.909. The van der Waals surface area contributed by atoms with Gasteiger partial charge in [0.05, 0.1) is 0 Å². The van der Waals surface area contributed by atoms with Crippen LogP contribution in [0.5, 0.6) is 0 Å². The Morgan fingerprint density at radius 1 is 1.33 bits per heavy atom. The lowest BCUT2D eigenvalue weighted by Gasteiger charge is -2.44. The molecule has 2 aliphatic rings. The molecule has 2 rings (SSSR count). The van der Waals surface area contributed by atoms with E-state index >= 15 is 0 Å². The third-order valence-corrected chi connectivity index (χ3v) is 6.17. The molecule has 0 aromatic carbocycles. The van der Waals surface area contributed by atoms with E-state index in [4.69, 9.17) is 0 Å². The Kier molecular flexibility index (Phi) is 3.40. The second-order valence-electron chi connectivity index (χ2n) is 4.57. The molecule has 4 nitrogen and oxygen atoms in total. The quantitative estimate of drug-likeness (QED) is 0.793. The number of halogens is 1. The summed E-state index contributed by atoms with van der Waals surface area (Å²) in [4.78, 5) is 0. The highest BCUT2D eigenvalue weighted by Gasteiger charge is 2.40. The van der Waals surface area contributed by atoms with E-state index in [-0.39, 0.29) is 5.41 Å².